The number of benzene rings is 1. The third-order valence-corrected chi connectivity index (χ3v) is 3.51. The van der Waals surface area contributed by atoms with Crippen LogP contribution in [0.15, 0.2) is 18.2 Å². The molecule has 1 amide bonds. The van der Waals surface area contributed by atoms with Gasteiger partial charge in [-0.2, -0.15) is 0 Å². The number of hydrogen-bond acceptors (Lipinski definition) is 3. The van der Waals surface area contributed by atoms with E-state index >= 15 is 0 Å². The van der Waals surface area contributed by atoms with Crippen molar-refractivity contribution in [3.8, 4) is 5.75 Å². The highest BCUT2D eigenvalue weighted by molar-refractivity contribution is 6.34. The van der Waals surface area contributed by atoms with E-state index in [-0.39, 0.29) is 12.5 Å². The van der Waals surface area contributed by atoms with Crippen LogP contribution in [0.3, 0.4) is 0 Å². The summed E-state index contributed by atoms with van der Waals surface area (Å²) in [6.07, 6.45) is 2.26. The molecule has 0 bridgehead atoms. The summed E-state index contributed by atoms with van der Waals surface area (Å²) in [5.74, 6) is 0.257. The Morgan fingerprint density at radius 1 is 1.47 bits per heavy atom. The minimum Gasteiger partial charge on any atom is -0.482 e. The molecule has 4 nitrogen and oxygen atoms in total. The molecule has 1 atom stereocenters. The monoisotopic (exact) mass is 302 g/mol. The molecule has 1 heterocycles. The maximum atomic E-state index is 11.6. The Morgan fingerprint density at radius 2 is 2.32 bits per heavy atom. The van der Waals surface area contributed by atoms with Crippen LogP contribution in [0.25, 0.3) is 0 Å². The molecular formula is C13H16Cl2N2O2. The average molecular weight is 303 g/mol. The zero-order chi connectivity index (χ0) is 13.7. The molecule has 6 heteroatoms. The van der Waals surface area contributed by atoms with E-state index in [0.29, 0.717) is 28.4 Å². The van der Waals surface area contributed by atoms with Gasteiger partial charge in [-0.3, -0.25) is 4.79 Å². The number of carbonyl (C=O) groups excluding carboxylic acids is 1. The lowest BCUT2D eigenvalue weighted by molar-refractivity contribution is -0.123. The Bertz CT molecular complexity index is 448. The fourth-order valence-corrected chi connectivity index (χ4v) is 2.28. The van der Waals surface area contributed by atoms with E-state index in [2.05, 4.69) is 10.6 Å². The van der Waals surface area contributed by atoms with E-state index in [9.17, 15) is 4.79 Å². The number of nitrogens with one attached hydrogen (secondary N) is 2. The summed E-state index contributed by atoms with van der Waals surface area (Å²) in [6.45, 7) is 1.59. The summed E-state index contributed by atoms with van der Waals surface area (Å²) < 4.78 is 5.35. The van der Waals surface area contributed by atoms with Crippen LogP contribution in [0.1, 0.15) is 12.8 Å². The Hall–Kier alpha value is -0.970. The van der Waals surface area contributed by atoms with E-state index in [1.54, 1.807) is 18.2 Å². The van der Waals surface area contributed by atoms with Crippen LogP contribution in [-0.2, 0) is 4.79 Å². The highest BCUT2D eigenvalue weighted by Gasteiger charge is 2.15. The lowest BCUT2D eigenvalue weighted by atomic mass is 10.2. The number of amides is 1. The normalized spacial score (nSPS) is 18.3. The highest BCUT2D eigenvalue weighted by Crippen LogP contribution is 2.27. The SMILES string of the molecule is O=C(COc1cc(Cl)ccc1Cl)NCC1CCCN1. The second kappa shape index (κ2) is 6.98. The van der Waals surface area contributed by atoms with Crippen LogP contribution in [0, 0.1) is 0 Å². The maximum Gasteiger partial charge on any atom is 0.257 e. The van der Waals surface area contributed by atoms with Gasteiger partial charge in [-0.1, -0.05) is 23.2 Å². The first-order valence-corrected chi connectivity index (χ1v) is 6.98. The minimum atomic E-state index is -0.162. The van der Waals surface area contributed by atoms with Crippen molar-refractivity contribution in [3.05, 3.63) is 28.2 Å². The summed E-state index contributed by atoms with van der Waals surface area (Å²) in [6, 6.07) is 5.27. The number of ether oxygens (including phenoxy) is 1. The van der Waals surface area contributed by atoms with Crippen molar-refractivity contribution in [2.45, 2.75) is 18.9 Å². The van der Waals surface area contributed by atoms with Gasteiger partial charge in [0.25, 0.3) is 5.91 Å². The molecule has 1 aliphatic heterocycles. The smallest absolute Gasteiger partial charge is 0.257 e. The van der Waals surface area contributed by atoms with Gasteiger partial charge < -0.3 is 15.4 Å². The first kappa shape index (κ1) is 14.4. The molecule has 1 fully saturated rings. The largest absolute Gasteiger partial charge is 0.482 e. The minimum absolute atomic E-state index is 0.0627. The number of rotatable bonds is 5. The van der Waals surface area contributed by atoms with Crippen molar-refractivity contribution in [3.63, 3.8) is 0 Å². The van der Waals surface area contributed by atoms with Gasteiger partial charge in [0, 0.05) is 23.7 Å². The molecule has 1 saturated heterocycles. The summed E-state index contributed by atoms with van der Waals surface area (Å²) in [7, 11) is 0. The fraction of sp³-hybridized carbons (Fsp3) is 0.462. The summed E-state index contributed by atoms with van der Waals surface area (Å²) in [4.78, 5) is 11.6. The van der Waals surface area contributed by atoms with Crippen LogP contribution in [0.2, 0.25) is 10.0 Å². The predicted octanol–water partition coefficient (Wildman–Crippen LogP) is 2.24. The van der Waals surface area contributed by atoms with Crippen LogP contribution in [0.4, 0.5) is 0 Å². The molecule has 0 saturated carbocycles. The molecular weight excluding hydrogens is 287 g/mol. The van der Waals surface area contributed by atoms with Crippen LogP contribution in [0.5, 0.6) is 5.75 Å². The second-order valence-corrected chi connectivity index (χ2v) is 5.30. The first-order valence-electron chi connectivity index (χ1n) is 6.23. The molecule has 2 rings (SSSR count). The molecule has 1 aromatic rings. The van der Waals surface area contributed by atoms with Gasteiger partial charge in [0.2, 0.25) is 0 Å². The van der Waals surface area contributed by atoms with Crippen molar-refractivity contribution in [2.24, 2.45) is 0 Å². The van der Waals surface area contributed by atoms with Gasteiger partial charge >= 0.3 is 0 Å². The second-order valence-electron chi connectivity index (χ2n) is 4.46. The van der Waals surface area contributed by atoms with Gasteiger partial charge in [-0.05, 0) is 31.5 Å². The Morgan fingerprint density at radius 3 is 3.05 bits per heavy atom. The van der Waals surface area contributed by atoms with Crippen molar-refractivity contribution in [1.82, 2.24) is 10.6 Å². The van der Waals surface area contributed by atoms with Gasteiger partial charge in [0.1, 0.15) is 5.75 Å². The molecule has 1 unspecified atom stereocenters. The lowest BCUT2D eigenvalue weighted by Gasteiger charge is -2.12. The van der Waals surface area contributed by atoms with E-state index in [1.807, 2.05) is 0 Å². The number of hydrogen-bond donors (Lipinski definition) is 2. The molecule has 0 aliphatic carbocycles. The van der Waals surface area contributed by atoms with E-state index < -0.39 is 0 Å². The van der Waals surface area contributed by atoms with Crippen molar-refractivity contribution < 1.29 is 9.53 Å². The molecule has 19 heavy (non-hydrogen) atoms. The molecule has 1 aliphatic rings. The zero-order valence-electron chi connectivity index (χ0n) is 10.4. The van der Waals surface area contributed by atoms with Crippen LogP contribution in [-0.4, -0.2) is 31.6 Å². The first-order chi connectivity index (χ1) is 9.15. The third kappa shape index (κ3) is 4.56. The van der Waals surface area contributed by atoms with Crippen molar-refractivity contribution >= 4 is 29.1 Å². The summed E-state index contributed by atoms with van der Waals surface area (Å²) >= 11 is 11.8. The predicted molar refractivity (Wildman–Crippen MR) is 76.0 cm³/mol. The van der Waals surface area contributed by atoms with Crippen molar-refractivity contribution in [2.75, 3.05) is 19.7 Å². The Labute approximate surface area is 122 Å². The standard InChI is InChI=1S/C13H16Cl2N2O2/c14-9-3-4-11(15)12(6-9)19-8-13(18)17-7-10-2-1-5-16-10/h3-4,6,10,16H,1-2,5,7-8H2,(H,17,18). The quantitative estimate of drug-likeness (QED) is 0.877. The molecule has 0 aromatic heterocycles. The molecule has 0 spiro atoms. The topological polar surface area (TPSA) is 50.4 Å². The van der Waals surface area contributed by atoms with E-state index in [1.165, 1.54) is 0 Å². The van der Waals surface area contributed by atoms with Gasteiger partial charge in [-0.15, -0.1) is 0 Å². The number of carbonyl (C=O) groups is 1. The van der Waals surface area contributed by atoms with Gasteiger partial charge in [0.05, 0.1) is 5.02 Å². The average Bonchev–Trinajstić information content (AvgIpc) is 2.90. The highest BCUT2D eigenvalue weighted by atomic mass is 35.5. The Kier molecular flexibility index (Phi) is 5.31. The van der Waals surface area contributed by atoms with Crippen LogP contribution >= 0.6 is 23.2 Å². The lowest BCUT2D eigenvalue weighted by Crippen LogP contribution is -2.39. The molecule has 0 radical (unpaired) electrons. The van der Waals surface area contributed by atoms with E-state index in [4.69, 9.17) is 27.9 Å². The van der Waals surface area contributed by atoms with Crippen LogP contribution < -0.4 is 15.4 Å². The maximum absolute atomic E-state index is 11.6. The number of halogens is 2. The molecule has 104 valence electrons. The zero-order valence-corrected chi connectivity index (χ0v) is 11.9. The van der Waals surface area contributed by atoms with Gasteiger partial charge in [0.15, 0.2) is 6.61 Å². The van der Waals surface area contributed by atoms with Gasteiger partial charge in [-0.25, -0.2) is 0 Å². The molecule has 1 aromatic carbocycles. The summed E-state index contributed by atoms with van der Waals surface area (Å²) in [5.41, 5.74) is 0. The summed E-state index contributed by atoms with van der Waals surface area (Å²) in [5, 5.41) is 7.10. The third-order valence-electron chi connectivity index (χ3n) is 2.96. The molecule has 2 N–H and O–H groups in total. The van der Waals surface area contributed by atoms with E-state index in [0.717, 1.165) is 19.4 Å². The Balaban J connectivity index is 1.74. The van der Waals surface area contributed by atoms with Crippen molar-refractivity contribution in [1.29, 1.82) is 0 Å². The fourth-order valence-electron chi connectivity index (χ4n) is 1.95.